The van der Waals surface area contributed by atoms with E-state index in [1.807, 2.05) is 37.3 Å². The predicted molar refractivity (Wildman–Crippen MR) is 116 cm³/mol. The van der Waals surface area contributed by atoms with E-state index >= 15 is 0 Å². The lowest BCUT2D eigenvalue weighted by molar-refractivity contribution is 0.600. The first-order valence-corrected chi connectivity index (χ1v) is 11.2. The van der Waals surface area contributed by atoms with Crippen molar-refractivity contribution in [2.75, 3.05) is 22.7 Å². The molecule has 1 N–H and O–H groups in total. The van der Waals surface area contributed by atoms with E-state index in [4.69, 9.17) is 0 Å². The summed E-state index contributed by atoms with van der Waals surface area (Å²) >= 11 is 0. The predicted octanol–water partition coefficient (Wildman–Crippen LogP) is 4.16. The number of rotatable bonds is 5. The van der Waals surface area contributed by atoms with Crippen molar-refractivity contribution in [3.05, 3.63) is 65.7 Å². The van der Waals surface area contributed by atoms with Crippen LogP contribution in [0.1, 0.15) is 24.0 Å². The number of hydrogen-bond acceptors (Lipinski definition) is 5. The van der Waals surface area contributed by atoms with Crippen molar-refractivity contribution < 1.29 is 8.42 Å². The van der Waals surface area contributed by atoms with Crippen LogP contribution >= 0.6 is 0 Å². The average molecular weight is 409 g/mol. The van der Waals surface area contributed by atoms with E-state index in [1.165, 1.54) is 12.8 Å². The van der Waals surface area contributed by atoms with Crippen LogP contribution in [-0.2, 0) is 10.0 Å². The van der Waals surface area contributed by atoms with E-state index in [-0.39, 0.29) is 4.90 Å². The molecule has 29 heavy (non-hydrogen) atoms. The Bertz CT molecular complexity index is 1100. The average Bonchev–Trinajstić information content (AvgIpc) is 3.23. The van der Waals surface area contributed by atoms with Gasteiger partial charge in [0.15, 0.2) is 5.82 Å². The molecule has 1 aromatic heterocycles. The largest absolute Gasteiger partial charge is 0.355 e. The van der Waals surface area contributed by atoms with Gasteiger partial charge in [-0.25, -0.2) is 8.42 Å². The quantitative estimate of drug-likeness (QED) is 0.686. The highest BCUT2D eigenvalue weighted by atomic mass is 32.2. The molecule has 7 heteroatoms. The molecule has 1 fully saturated rings. The molecule has 2 heterocycles. The topological polar surface area (TPSA) is 75.2 Å². The molecule has 6 nitrogen and oxygen atoms in total. The molecule has 0 unspecified atom stereocenters. The van der Waals surface area contributed by atoms with Gasteiger partial charge >= 0.3 is 0 Å². The molecule has 0 amide bonds. The summed E-state index contributed by atoms with van der Waals surface area (Å²) in [6, 6.07) is 16.4. The van der Waals surface area contributed by atoms with Crippen LogP contribution in [0.2, 0.25) is 0 Å². The number of hydrogen-bond donors (Lipinski definition) is 1. The molecular weight excluding hydrogens is 384 g/mol. The Morgan fingerprint density at radius 3 is 2.24 bits per heavy atom. The molecule has 1 saturated heterocycles. The monoisotopic (exact) mass is 408 g/mol. The van der Waals surface area contributed by atoms with Crippen LogP contribution in [0.25, 0.3) is 11.3 Å². The van der Waals surface area contributed by atoms with Gasteiger partial charge in [-0.3, -0.25) is 4.72 Å². The van der Waals surface area contributed by atoms with Crippen molar-refractivity contribution in [2.24, 2.45) is 0 Å². The molecule has 0 atom stereocenters. The number of aromatic nitrogens is 2. The van der Waals surface area contributed by atoms with Crippen molar-refractivity contribution in [2.45, 2.75) is 31.6 Å². The zero-order chi connectivity index (χ0) is 20.4. The lowest BCUT2D eigenvalue weighted by atomic mass is 10.1. The highest BCUT2D eigenvalue weighted by Crippen LogP contribution is 2.24. The van der Waals surface area contributed by atoms with Gasteiger partial charge in [0, 0.05) is 24.3 Å². The summed E-state index contributed by atoms with van der Waals surface area (Å²) in [7, 11) is -3.64. The number of sulfonamides is 1. The van der Waals surface area contributed by atoms with Crippen LogP contribution in [-0.4, -0.2) is 31.7 Å². The summed E-state index contributed by atoms with van der Waals surface area (Å²) in [6.45, 7) is 5.80. The van der Waals surface area contributed by atoms with E-state index in [1.54, 1.807) is 31.2 Å². The van der Waals surface area contributed by atoms with Crippen molar-refractivity contribution in [3.8, 4) is 11.3 Å². The minimum absolute atomic E-state index is 0.288. The van der Waals surface area contributed by atoms with Crippen molar-refractivity contribution >= 4 is 21.5 Å². The van der Waals surface area contributed by atoms with Crippen LogP contribution in [0.5, 0.6) is 0 Å². The molecule has 1 aliphatic heterocycles. The zero-order valence-electron chi connectivity index (χ0n) is 16.6. The van der Waals surface area contributed by atoms with Crippen molar-refractivity contribution in [1.29, 1.82) is 0 Å². The van der Waals surface area contributed by atoms with E-state index in [2.05, 4.69) is 19.8 Å². The lowest BCUT2D eigenvalue weighted by Gasteiger charge is -2.15. The van der Waals surface area contributed by atoms with Crippen LogP contribution in [0.15, 0.2) is 59.5 Å². The van der Waals surface area contributed by atoms with E-state index < -0.39 is 10.0 Å². The summed E-state index contributed by atoms with van der Waals surface area (Å²) in [5.74, 6) is 0.907. The van der Waals surface area contributed by atoms with Crippen LogP contribution < -0.4 is 9.62 Å². The second-order valence-corrected chi connectivity index (χ2v) is 9.07. The fourth-order valence-corrected chi connectivity index (χ4v) is 4.90. The lowest BCUT2D eigenvalue weighted by Crippen LogP contribution is -2.19. The van der Waals surface area contributed by atoms with Crippen molar-refractivity contribution in [1.82, 2.24) is 10.2 Å². The molecule has 4 rings (SSSR count). The van der Waals surface area contributed by atoms with Gasteiger partial charge in [0.05, 0.1) is 10.6 Å². The molecule has 0 saturated carbocycles. The van der Waals surface area contributed by atoms with E-state index in [9.17, 15) is 8.42 Å². The zero-order valence-corrected chi connectivity index (χ0v) is 17.4. The number of aryl methyl sites for hydroxylation is 2. The molecule has 2 aromatic carbocycles. The maximum atomic E-state index is 12.7. The number of benzene rings is 2. The Morgan fingerprint density at radius 2 is 1.62 bits per heavy atom. The molecule has 1 aliphatic rings. The van der Waals surface area contributed by atoms with Gasteiger partial charge in [0.1, 0.15) is 0 Å². The Morgan fingerprint density at radius 1 is 0.897 bits per heavy atom. The molecular formula is C22H24N4O2S. The third-order valence-electron chi connectivity index (χ3n) is 5.13. The van der Waals surface area contributed by atoms with Gasteiger partial charge in [-0.15, -0.1) is 10.2 Å². The van der Waals surface area contributed by atoms with Gasteiger partial charge in [0.2, 0.25) is 0 Å². The molecule has 3 aromatic rings. The smallest absolute Gasteiger partial charge is 0.262 e. The number of nitrogens with zero attached hydrogens (tertiary/aromatic N) is 3. The standard InChI is InChI=1S/C22H24N4O2S/c1-16-5-11-21(17(2)15-16)29(27,28)25-19-8-6-18(7-9-19)20-10-12-22(24-23-20)26-13-3-4-14-26/h5-12,15,25H,3-4,13-14H2,1-2H3. The first-order valence-electron chi connectivity index (χ1n) is 9.71. The fourth-order valence-electron chi connectivity index (χ4n) is 3.61. The third kappa shape index (κ3) is 4.24. The Hall–Kier alpha value is -2.93. The summed E-state index contributed by atoms with van der Waals surface area (Å²) < 4.78 is 28.1. The van der Waals surface area contributed by atoms with Gasteiger partial charge in [-0.05, 0) is 62.6 Å². The minimum Gasteiger partial charge on any atom is -0.355 e. The van der Waals surface area contributed by atoms with Gasteiger partial charge < -0.3 is 4.90 Å². The van der Waals surface area contributed by atoms with Crippen molar-refractivity contribution in [3.63, 3.8) is 0 Å². The summed E-state index contributed by atoms with van der Waals surface area (Å²) in [6.07, 6.45) is 2.39. The number of anilines is 2. The number of nitrogens with one attached hydrogen (secondary N) is 1. The van der Waals surface area contributed by atoms with Crippen LogP contribution in [0.3, 0.4) is 0 Å². The minimum atomic E-state index is -3.64. The summed E-state index contributed by atoms with van der Waals surface area (Å²) in [4.78, 5) is 2.53. The normalized spacial score (nSPS) is 14.2. The van der Waals surface area contributed by atoms with Crippen LogP contribution in [0, 0.1) is 13.8 Å². The molecule has 0 bridgehead atoms. The highest BCUT2D eigenvalue weighted by molar-refractivity contribution is 7.92. The van der Waals surface area contributed by atoms with E-state index in [0.29, 0.717) is 5.69 Å². The third-order valence-corrected chi connectivity index (χ3v) is 6.67. The second kappa shape index (κ2) is 7.83. The molecule has 0 radical (unpaired) electrons. The molecule has 0 aliphatic carbocycles. The first-order chi connectivity index (χ1) is 13.9. The second-order valence-electron chi connectivity index (χ2n) is 7.42. The maximum absolute atomic E-state index is 12.7. The highest BCUT2D eigenvalue weighted by Gasteiger charge is 2.17. The van der Waals surface area contributed by atoms with Crippen LogP contribution in [0.4, 0.5) is 11.5 Å². The molecule has 0 spiro atoms. The van der Waals surface area contributed by atoms with Gasteiger partial charge in [0.25, 0.3) is 10.0 Å². The van der Waals surface area contributed by atoms with Gasteiger partial charge in [-0.2, -0.15) is 0 Å². The Balaban J connectivity index is 1.50. The maximum Gasteiger partial charge on any atom is 0.262 e. The Kier molecular flexibility index (Phi) is 5.24. The fraction of sp³-hybridized carbons (Fsp3) is 0.273. The summed E-state index contributed by atoms with van der Waals surface area (Å²) in [5, 5.41) is 8.67. The SMILES string of the molecule is Cc1ccc(S(=O)(=O)Nc2ccc(-c3ccc(N4CCCC4)nn3)cc2)c(C)c1. The summed E-state index contributed by atoms with van der Waals surface area (Å²) in [5.41, 5.74) is 3.91. The first kappa shape index (κ1) is 19.4. The van der Waals surface area contributed by atoms with E-state index in [0.717, 1.165) is 41.3 Å². The Labute approximate surface area is 171 Å². The molecule has 150 valence electrons. The van der Waals surface area contributed by atoms with Gasteiger partial charge in [-0.1, -0.05) is 29.8 Å².